The molecule has 1 heterocycles. The van der Waals surface area contributed by atoms with Gasteiger partial charge in [-0.3, -0.25) is 0 Å². The van der Waals surface area contributed by atoms with Crippen molar-refractivity contribution in [3.8, 4) is 5.75 Å². The molecular weight excluding hydrogens is 420 g/mol. The second-order valence-electron chi connectivity index (χ2n) is 7.73. The summed E-state index contributed by atoms with van der Waals surface area (Å²) in [6.07, 6.45) is 1.12. The molecule has 0 radical (unpaired) electrons. The number of carbonyl (C=O) groups is 2. The molecule has 0 unspecified atom stereocenters. The first kappa shape index (κ1) is 23.8. The van der Waals surface area contributed by atoms with E-state index in [-0.39, 0.29) is 0 Å². The third-order valence-electron chi connectivity index (χ3n) is 5.29. The van der Waals surface area contributed by atoms with E-state index in [1.807, 2.05) is 18.2 Å². The van der Waals surface area contributed by atoms with E-state index in [0.717, 1.165) is 31.9 Å². The fourth-order valence-electron chi connectivity index (χ4n) is 3.53. The van der Waals surface area contributed by atoms with Gasteiger partial charge in [-0.25, -0.2) is 9.59 Å². The number of rotatable bonds is 6. The number of aliphatic carboxylic acids is 2. The number of anilines is 1. The van der Waals surface area contributed by atoms with E-state index >= 15 is 0 Å². The van der Waals surface area contributed by atoms with Crippen LogP contribution in [-0.2, 0) is 16.2 Å². The molecular formula is C26H28N2O5. The van der Waals surface area contributed by atoms with Gasteiger partial charge >= 0.3 is 11.9 Å². The van der Waals surface area contributed by atoms with Crippen LogP contribution in [-0.4, -0.2) is 60.3 Å². The SMILES string of the molecule is CN1CCN(c2cccc3ccc(OCc4ccccc4)cc23)CC1.O=C(O)/C=C/C(=O)O. The predicted octanol–water partition coefficient (Wildman–Crippen LogP) is 3.88. The largest absolute Gasteiger partial charge is 0.489 e. The minimum absolute atomic E-state index is 0.558. The van der Waals surface area contributed by atoms with Crippen LogP contribution >= 0.6 is 0 Å². The van der Waals surface area contributed by atoms with Gasteiger partial charge in [0.1, 0.15) is 12.4 Å². The zero-order valence-corrected chi connectivity index (χ0v) is 18.6. The number of piperazine rings is 1. The van der Waals surface area contributed by atoms with E-state index < -0.39 is 11.9 Å². The standard InChI is InChI=1S/C22H24N2O.C4H4O4/c1-23-12-14-24(15-13-23)22-9-5-8-19-10-11-20(16-21(19)22)25-17-18-6-3-2-4-7-18;5-3(6)1-2-4(7)8/h2-11,16H,12-15,17H2,1H3;1-2H,(H,5,6)(H,7,8)/b;2-1+. The Morgan fingerprint density at radius 1 is 0.879 bits per heavy atom. The van der Waals surface area contributed by atoms with Crippen molar-refractivity contribution >= 4 is 28.4 Å². The van der Waals surface area contributed by atoms with Crippen LogP contribution in [0.4, 0.5) is 5.69 Å². The highest BCUT2D eigenvalue weighted by Gasteiger charge is 2.16. The number of likely N-dealkylation sites (N-methyl/N-ethyl adjacent to an activating group) is 1. The Morgan fingerprint density at radius 3 is 2.18 bits per heavy atom. The first-order valence-electron chi connectivity index (χ1n) is 10.7. The van der Waals surface area contributed by atoms with Crippen molar-refractivity contribution in [2.75, 3.05) is 38.1 Å². The second-order valence-corrected chi connectivity index (χ2v) is 7.73. The summed E-state index contributed by atoms with van der Waals surface area (Å²) in [5.41, 5.74) is 2.51. The van der Waals surface area contributed by atoms with Gasteiger partial charge in [0.2, 0.25) is 0 Å². The third-order valence-corrected chi connectivity index (χ3v) is 5.29. The number of hydrogen-bond acceptors (Lipinski definition) is 5. The highest BCUT2D eigenvalue weighted by Crippen LogP contribution is 2.31. The third kappa shape index (κ3) is 7.36. The predicted molar refractivity (Wildman–Crippen MR) is 129 cm³/mol. The molecule has 33 heavy (non-hydrogen) atoms. The Bertz CT molecular complexity index is 1090. The topological polar surface area (TPSA) is 90.3 Å². The van der Waals surface area contributed by atoms with Crippen LogP contribution in [0.25, 0.3) is 10.8 Å². The molecule has 1 aliphatic rings. The lowest BCUT2D eigenvalue weighted by Crippen LogP contribution is -2.44. The van der Waals surface area contributed by atoms with Crippen LogP contribution in [0.1, 0.15) is 5.56 Å². The van der Waals surface area contributed by atoms with Crippen molar-refractivity contribution in [2.24, 2.45) is 0 Å². The van der Waals surface area contributed by atoms with E-state index in [4.69, 9.17) is 14.9 Å². The quantitative estimate of drug-likeness (QED) is 0.553. The van der Waals surface area contributed by atoms with Gasteiger partial charge < -0.3 is 24.7 Å². The molecule has 1 saturated heterocycles. The Morgan fingerprint density at radius 2 is 1.55 bits per heavy atom. The number of carboxylic acid groups (broad SMARTS) is 2. The van der Waals surface area contributed by atoms with Crippen molar-refractivity contribution < 1.29 is 24.5 Å². The summed E-state index contributed by atoms with van der Waals surface area (Å²) in [4.78, 5) is 24.0. The number of nitrogens with zero attached hydrogens (tertiary/aromatic N) is 2. The Balaban J connectivity index is 0.000000331. The van der Waals surface area contributed by atoms with Gasteiger partial charge in [0.25, 0.3) is 0 Å². The Hall–Kier alpha value is -3.84. The molecule has 0 amide bonds. The molecule has 0 aliphatic carbocycles. The van der Waals surface area contributed by atoms with E-state index in [1.165, 1.54) is 22.0 Å². The normalized spacial score (nSPS) is 14.0. The average molecular weight is 449 g/mol. The molecule has 1 aliphatic heterocycles. The van der Waals surface area contributed by atoms with Crippen molar-refractivity contribution in [1.29, 1.82) is 0 Å². The molecule has 0 bridgehead atoms. The van der Waals surface area contributed by atoms with Crippen molar-refractivity contribution in [2.45, 2.75) is 6.61 Å². The Kier molecular flexibility index (Phi) is 8.43. The highest BCUT2D eigenvalue weighted by molar-refractivity contribution is 5.95. The van der Waals surface area contributed by atoms with Crippen LogP contribution < -0.4 is 9.64 Å². The van der Waals surface area contributed by atoms with Crippen LogP contribution in [0.15, 0.2) is 78.9 Å². The molecule has 0 atom stereocenters. The maximum atomic E-state index is 9.55. The minimum atomic E-state index is -1.26. The lowest BCUT2D eigenvalue weighted by Gasteiger charge is -2.34. The summed E-state index contributed by atoms with van der Waals surface area (Å²) in [7, 11) is 2.19. The van der Waals surface area contributed by atoms with Crippen LogP contribution in [0, 0.1) is 0 Å². The summed E-state index contributed by atoms with van der Waals surface area (Å²) >= 11 is 0. The number of hydrogen-bond donors (Lipinski definition) is 2. The summed E-state index contributed by atoms with van der Waals surface area (Å²) < 4.78 is 6.03. The van der Waals surface area contributed by atoms with Gasteiger partial charge in [0.05, 0.1) is 0 Å². The fraction of sp³-hybridized carbons (Fsp3) is 0.231. The number of ether oxygens (including phenoxy) is 1. The molecule has 0 aromatic heterocycles. The lowest BCUT2D eigenvalue weighted by molar-refractivity contribution is -0.134. The lowest BCUT2D eigenvalue weighted by atomic mass is 10.1. The van der Waals surface area contributed by atoms with Gasteiger partial charge in [0.15, 0.2) is 0 Å². The highest BCUT2D eigenvalue weighted by atomic mass is 16.5. The Labute approximate surface area is 193 Å². The van der Waals surface area contributed by atoms with Crippen LogP contribution in [0.2, 0.25) is 0 Å². The van der Waals surface area contributed by atoms with Gasteiger partial charge in [-0.15, -0.1) is 0 Å². The van der Waals surface area contributed by atoms with Gasteiger partial charge in [-0.2, -0.15) is 0 Å². The molecule has 1 fully saturated rings. The smallest absolute Gasteiger partial charge is 0.328 e. The van der Waals surface area contributed by atoms with Gasteiger partial charge in [-0.05, 0) is 36.2 Å². The summed E-state index contributed by atoms with van der Waals surface area (Å²) in [6, 6.07) is 23.3. The first-order valence-corrected chi connectivity index (χ1v) is 10.7. The first-order chi connectivity index (χ1) is 15.9. The molecule has 0 spiro atoms. The molecule has 4 rings (SSSR count). The molecule has 7 heteroatoms. The number of carboxylic acids is 2. The molecule has 2 N–H and O–H groups in total. The van der Waals surface area contributed by atoms with E-state index in [9.17, 15) is 9.59 Å². The van der Waals surface area contributed by atoms with Crippen molar-refractivity contribution in [1.82, 2.24) is 4.90 Å². The second kappa shape index (κ2) is 11.7. The monoisotopic (exact) mass is 448 g/mol. The van der Waals surface area contributed by atoms with Crippen LogP contribution in [0.5, 0.6) is 5.75 Å². The van der Waals surface area contributed by atoms with Crippen LogP contribution in [0.3, 0.4) is 0 Å². The molecule has 7 nitrogen and oxygen atoms in total. The molecule has 3 aromatic rings. The zero-order valence-electron chi connectivity index (χ0n) is 18.6. The number of fused-ring (bicyclic) bond motifs is 1. The fourth-order valence-corrected chi connectivity index (χ4v) is 3.53. The van der Waals surface area contributed by atoms with Crippen molar-refractivity contribution in [3.63, 3.8) is 0 Å². The van der Waals surface area contributed by atoms with Gasteiger partial charge in [0, 0.05) is 49.4 Å². The molecule has 0 saturated carbocycles. The maximum Gasteiger partial charge on any atom is 0.328 e. The zero-order chi connectivity index (χ0) is 23.6. The average Bonchev–Trinajstić information content (AvgIpc) is 2.82. The number of benzene rings is 3. The maximum absolute atomic E-state index is 9.55. The van der Waals surface area contributed by atoms with E-state index in [1.54, 1.807) is 0 Å². The van der Waals surface area contributed by atoms with Gasteiger partial charge in [-0.1, -0.05) is 48.5 Å². The van der Waals surface area contributed by atoms with E-state index in [2.05, 4.69) is 65.4 Å². The van der Waals surface area contributed by atoms with Crippen molar-refractivity contribution in [3.05, 3.63) is 84.4 Å². The molecule has 172 valence electrons. The summed E-state index contributed by atoms with van der Waals surface area (Å²) in [5, 5.41) is 18.2. The van der Waals surface area contributed by atoms with E-state index in [0.29, 0.717) is 18.8 Å². The summed E-state index contributed by atoms with van der Waals surface area (Å²) in [5.74, 6) is -1.59. The summed E-state index contributed by atoms with van der Waals surface area (Å²) in [6.45, 7) is 4.97. The minimum Gasteiger partial charge on any atom is -0.489 e. The molecule has 3 aromatic carbocycles.